The molecule has 0 aliphatic heterocycles. The summed E-state index contributed by atoms with van der Waals surface area (Å²) in [5.74, 6) is -0.260. The maximum atomic E-state index is 12.8. The molecule has 3 N–H and O–H groups in total. The number of hydrogen-bond acceptors (Lipinski definition) is 2. The Morgan fingerprint density at radius 1 is 1.47 bits per heavy atom. The van der Waals surface area contributed by atoms with Gasteiger partial charge in [0, 0.05) is 6.54 Å². The molecular weight excluding hydrogens is 219 g/mol. The van der Waals surface area contributed by atoms with Gasteiger partial charge in [0.05, 0.1) is 11.5 Å². The van der Waals surface area contributed by atoms with Gasteiger partial charge in [-0.05, 0) is 37.5 Å². The minimum Gasteiger partial charge on any atom is -0.349 e. The lowest BCUT2D eigenvalue weighted by atomic mass is 10.0. The first-order valence-electron chi connectivity index (χ1n) is 5.84. The smallest absolute Gasteiger partial charge is 0.227 e. The molecule has 1 aliphatic carbocycles. The summed E-state index contributed by atoms with van der Waals surface area (Å²) < 4.78 is 12.8. The lowest BCUT2D eigenvalue weighted by Gasteiger charge is -2.18. The van der Waals surface area contributed by atoms with E-state index < -0.39 is 0 Å². The molecule has 1 aromatic rings. The molecule has 0 aromatic heterocycles. The van der Waals surface area contributed by atoms with Gasteiger partial charge in [-0.15, -0.1) is 0 Å². The Labute approximate surface area is 100 Å². The second kappa shape index (κ2) is 4.45. The number of benzene rings is 1. The van der Waals surface area contributed by atoms with Gasteiger partial charge in [0.15, 0.2) is 0 Å². The van der Waals surface area contributed by atoms with Crippen molar-refractivity contribution in [3.8, 4) is 0 Å². The fourth-order valence-corrected chi connectivity index (χ4v) is 1.86. The molecule has 1 amide bonds. The van der Waals surface area contributed by atoms with Crippen LogP contribution in [0.5, 0.6) is 0 Å². The quantitative estimate of drug-likeness (QED) is 0.836. The van der Waals surface area contributed by atoms with Crippen molar-refractivity contribution in [2.75, 3.05) is 6.54 Å². The van der Waals surface area contributed by atoms with Gasteiger partial charge in [0.1, 0.15) is 5.82 Å². The molecule has 0 heterocycles. The third-order valence-electron chi connectivity index (χ3n) is 3.44. The summed E-state index contributed by atoms with van der Waals surface area (Å²) in [6.07, 6.45) is 1.73. The van der Waals surface area contributed by atoms with Crippen LogP contribution >= 0.6 is 0 Å². The number of nitrogens with one attached hydrogen (secondary N) is 1. The molecule has 0 radical (unpaired) electrons. The normalized spacial score (nSPS) is 18.5. The van der Waals surface area contributed by atoms with Crippen LogP contribution in [-0.4, -0.2) is 12.5 Å². The number of halogens is 1. The lowest BCUT2D eigenvalue weighted by Crippen LogP contribution is -2.37. The monoisotopic (exact) mass is 236 g/mol. The van der Waals surface area contributed by atoms with E-state index in [9.17, 15) is 9.18 Å². The van der Waals surface area contributed by atoms with Gasteiger partial charge in [-0.3, -0.25) is 4.79 Å². The van der Waals surface area contributed by atoms with Crippen LogP contribution in [0.3, 0.4) is 0 Å². The number of rotatable bonds is 4. The number of carbonyl (C=O) groups is 1. The van der Waals surface area contributed by atoms with Crippen molar-refractivity contribution >= 4 is 5.91 Å². The fraction of sp³-hybridized carbons (Fsp3) is 0.462. The molecule has 0 bridgehead atoms. The second-order valence-corrected chi connectivity index (χ2v) is 4.73. The van der Waals surface area contributed by atoms with Crippen LogP contribution in [0.1, 0.15) is 31.4 Å². The minimum atomic E-state index is -0.339. The molecule has 1 fully saturated rings. The van der Waals surface area contributed by atoms with Crippen LogP contribution in [0.2, 0.25) is 0 Å². The average molecular weight is 236 g/mol. The fourth-order valence-electron chi connectivity index (χ4n) is 1.86. The SMILES string of the molecule is C[C@@H](NC(=O)C1(CN)CC1)c1ccc(F)cc1. The molecule has 1 aliphatic rings. The minimum absolute atomic E-state index is 0.0109. The van der Waals surface area contributed by atoms with Crippen molar-refractivity contribution in [1.29, 1.82) is 0 Å². The zero-order valence-corrected chi connectivity index (χ0v) is 9.87. The van der Waals surface area contributed by atoms with Gasteiger partial charge in [-0.25, -0.2) is 4.39 Å². The van der Waals surface area contributed by atoms with E-state index in [2.05, 4.69) is 5.32 Å². The molecule has 1 aromatic carbocycles. The second-order valence-electron chi connectivity index (χ2n) is 4.73. The predicted octanol–water partition coefficient (Wildman–Crippen LogP) is 1.74. The number of nitrogens with two attached hydrogens (primary N) is 1. The highest BCUT2D eigenvalue weighted by atomic mass is 19.1. The maximum absolute atomic E-state index is 12.8. The highest BCUT2D eigenvalue weighted by molar-refractivity contribution is 5.85. The van der Waals surface area contributed by atoms with Crippen LogP contribution in [0.25, 0.3) is 0 Å². The van der Waals surface area contributed by atoms with Gasteiger partial charge in [-0.1, -0.05) is 12.1 Å². The van der Waals surface area contributed by atoms with E-state index in [1.165, 1.54) is 12.1 Å². The average Bonchev–Trinajstić information content (AvgIpc) is 3.10. The zero-order valence-electron chi connectivity index (χ0n) is 9.87. The lowest BCUT2D eigenvalue weighted by molar-refractivity contribution is -0.126. The van der Waals surface area contributed by atoms with E-state index in [0.29, 0.717) is 6.54 Å². The van der Waals surface area contributed by atoms with Crippen molar-refractivity contribution < 1.29 is 9.18 Å². The van der Waals surface area contributed by atoms with Crippen molar-refractivity contribution in [3.05, 3.63) is 35.6 Å². The molecular formula is C13H17FN2O. The van der Waals surface area contributed by atoms with E-state index >= 15 is 0 Å². The summed E-state index contributed by atoms with van der Waals surface area (Å²) in [7, 11) is 0. The van der Waals surface area contributed by atoms with Gasteiger partial charge in [-0.2, -0.15) is 0 Å². The summed E-state index contributed by atoms with van der Waals surface area (Å²) in [5, 5.41) is 2.93. The molecule has 17 heavy (non-hydrogen) atoms. The van der Waals surface area contributed by atoms with E-state index in [1.54, 1.807) is 12.1 Å². The molecule has 0 saturated heterocycles. The molecule has 0 unspecified atom stereocenters. The van der Waals surface area contributed by atoms with Crippen LogP contribution in [0.15, 0.2) is 24.3 Å². The highest BCUT2D eigenvalue weighted by Gasteiger charge is 2.48. The molecule has 3 nitrogen and oxygen atoms in total. The standard InChI is InChI=1S/C13H17FN2O/c1-9(10-2-4-11(14)5-3-10)16-12(17)13(8-15)6-7-13/h2-5,9H,6-8,15H2,1H3,(H,16,17)/t9-/m1/s1. The van der Waals surface area contributed by atoms with E-state index in [4.69, 9.17) is 5.73 Å². The number of carbonyl (C=O) groups excluding carboxylic acids is 1. The third kappa shape index (κ3) is 2.47. The Balaban J connectivity index is 1.99. The van der Waals surface area contributed by atoms with Crippen molar-refractivity contribution in [2.45, 2.75) is 25.8 Å². The largest absolute Gasteiger partial charge is 0.349 e. The number of amides is 1. The van der Waals surface area contributed by atoms with Gasteiger partial charge < -0.3 is 11.1 Å². The Bertz CT molecular complexity index is 412. The summed E-state index contributed by atoms with van der Waals surface area (Å²) in [5.41, 5.74) is 6.15. The van der Waals surface area contributed by atoms with Gasteiger partial charge >= 0.3 is 0 Å². The van der Waals surface area contributed by atoms with Gasteiger partial charge in [0.25, 0.3) is 0 Å². The van der Waals surface area contributed by atoms with Crippen molar-refractivity contribution in [1.82, 2.24) is 5.32 Å². The Morgan fingerprint density at radius 3 is 2.53 bits per heavy atom. The molecule has 1 saturated carbocycles. The van der Waals surface area contributed by atoms with Crippen LogP contribution in [0.4, 0.5) is 4.39 Å². The first-order chi connectivity index (χ1) is 8.07. The molecule has 1 atom stereocenters. The van der Waals surface area contributed by atoms with Crippen molar-refractivity contribution in [3.63, 3.8) is 0 Å². The molecule has 2 rings (SSSR count). The van der Waals surface area contributed by atoms with E-state index in [0.717, 1.165) is 18.4 Å². The maximum Gasteiger partial charge on any atom is 0.227 e. The van der Waals surface area contributed by atoms with Crippen LogP contribution in [0, 0.1) is 11.2 Å². The summed E-state index contributed by atoms with van der Waals surface area (Å²) >= 11 is 0. The first kappa shape index (κ1) is 12.0. The zero-order chi connectivity index (χ0) is 12.5. The molecule has 4 heteroatoms. The molecule has 92 valence electrons. The Kier molecular flexibility index (Phi) is 3.15. The summed E-state index contributed by atoms with van der Waals surface area (Å²) in [6.45, 7) is 2.28. The topological polar surface area (TPSA) is 55.1 Å². The first-order valence-corrected chi connectivity index (χ1v) is 5.84. The predicted molar refractivity (Wildman–Crippen MR) is 63.7 cm³/mol. The van der Waals surface area contributed by atoms with Gasteiger partial charge in [0.2, 0.25) is 5.91 Å². The third-order valence-corrected chi connectivity index (χ3v) is 3.44. The Hall–Kier alpha value is -1.42. The highest BCUT2D eigenvalue weighted by Crippen LogP contribution is 2.45. The summed E-state index contributed by atoms with van der Waals surface area (Å²) in [6, 6.07) is 6.04. The number of hydrogen-bond donors (Lipinski definition) is 2. The Morgan fingerprint density at radius 2 is 2.06 bits per heavy atom. The van der Waals surface area contributed by atoms with E-state index in [1.807, 2.05) is 6.92 Å². The van der Waals surface area contributed by atoms with Crippen LogP contribution < -0.4 is 11.1 Å². The summed E-state index contributed by atoms with van der Waals surface area (Å²) in [4.78, 5) is 11.9. The van der Waals surface area contributed by atoms with Crippen molar-refractivity contribution in [2.24, 2.45) is 11.1 Å². The van der Waals surface area contributed by atoms with E-state index in [-0.39, 0.29) is 23.2 Å². The van der Waals surface area contributed by atoms with Crippen LogP contribution in [-0.2, 0) is 4.79 Å². The molecule has 0 spiro atoms.